The number of hydrogen-bond acceptors (Lipinski definition) is 2. The largest absolute Gasteiger partial charge is 0.282 e. The number of anilines is 1. The van der Waals surface area contributed by atoms with Gasteiger partial charge in [-0.15, -0.1) is 0 Å². The van der Waals surface area contributed by atoms with Crippen LogP contribution in [0.4, 0.5) is 5.69 Å². The molecule has 0 bridgehead atoms. The predicted octanol–water partition coefficient (Wildman–Crippen LogP) is 4.49. The van der Waals surface area contributed by atoms with Crippen molar-refractivity contribution in [3.05, 3.63) is 62.7 Å². The van der Waals surface area contributed by atoms with E-state index in [1.807, 2.05) is 37.3 Å². The van der Waals surface area contributed by atoms with Gasteiger partial charge in [-0.05, 0) is 52.3 Å². The van der Waals surface area contributed by atoms with Crippen LogP contribution in [0.1, 0.15) is 18.4 Å². The first-order valence-corrected chi connectivity index (χ1v) is 9.49. The van der Waals surface area contributed by atoms with Gasteiger partial charge in [-0.2, -0.15) is 0 Å². The summed E-state index contributed by atoms with van der Waals surface area (Å²) in [7, 11) is -3.42. The molecule has 0 fully saturated rings. The van der Waals surface area contributed by atoms with Crippen molar-refractivity contribution in [1.82, 2.24) is 0 Å². The minimum atomic E-state index is -3.42. The molecule has 0 aliphatic rings. The molecule has 0 amide bonds. The van der Waals surface area contributed by atoms with Crippen molar-refractivity contribution in [2.45, 2.75) is 12.8 Å². The lowest BCUT2D eigenvalue weighted by Gasteiger charge is -2.14. The number of benzene rings is 2. The van der Waals surface area contributed by atoms with Crippen LogP contribution in [0.25, 0.3) is 0 Å². The molecule has 0 radical (unpaired) electrons. The van der Waals surface area contributed by atoms with Gasteiger partial charge in [0.05, 0.1) is 11.4 Å². The van der Waals surface area contributed by atoms with Crippen LogP contribution in [-0.2, 0) is 10.0 Å². The zero-order chi connectivity index (χ0) is 15.5. The molecule has 21 heavy (non-hydrogen) atoms. The number of sulfonamides is 1. The van der Waals surface area contributed by atoms with Crippen LogP contribution in [0.5, 0.6) is 0 Å². The zero-order valence-corrected chi connectivity index (χ0v) is 15.1. The molecule has 0 aliphatic carbocycles. The third kappa shape index (κ3) is 4.86. The Bertz CT molecular complexity index is 720. The summed E-state index contributed by atoms with van der Waals surface area (Å²) in [6.07, 6.45) is 0. The molecule has 1 unspecified atom stereocenters. The highest BCUT2D eigenvalue weighted by molar-refractivity contribution is 14.1. The Labute approximate surface area is 143 Å². The molecule has 1 atom stereocenters. The van der Waals surface area contributed by atoms with Gasteiger partial charge in [0.25, 0.3) is 0 Å². The van der Waals surface area contributed by atoms with Gasteiger partial charge in [-0.3, -0.25) is 4.72 Å². The first-order chi connectivity index (χ1) is 9.87. The second kappa shape index (κ2) is 6.98. The molecule has 0 saturated carbocycles. The van der Waals surface area contributed by atoms with Crippen LogP contribution >= 0.6 is 34.2 Å². The molecule has 0 aromatic heterocycles. The molecule has 112 valence electrons. The molecular weight excluding hydrogens is 421 g/mol. The normalized spacial score (nSPS) is 12.9. The van der Waals surface area contributed by atoms with Gasteiger partial charge in [0, 0.05) is 8.59 Å². The van der Waals surface area contributed by atoms with Crippen molar-refractivity contribution >= 4 is 49.9 Å². The molecule has 2 aromatic carbocycles. The van der Waals surface area contributed by atoms with Crippen molar-refractivity contribution < 1.29 is 8.42 Å². The molecule has 0 heterocycles. The maximum Gasteiger partial charge on any atom is 0.233 e. The van der Waals surface area contributed by atoms with Crippen molar-refractivity contribution in [3.8, 4) is 0 Å². The molecular formula is C15H15ClINO2S. The van der Waals surface area contributed by atoms with Crippen LogP contribution < -0.4 is 4.72 Å². The summed E-state index contributed by atoms with van der Waals surface area (Å²) in [5.41, 5.74) is 1.56. The Morgan fingerprint density at radius 2 is 1.86 bits per heavy atom. The minimum Gasteiger partial charge on any atom is -0.282 e. The lowest BCUT2D eigenvalue weighted by molar-refractivity contribution is 0.595. The molecule has 6 heteroatoms. The molecule has 2 aromatic rings. The Morgan fingerprint density at radius 1 is 1.19 bits per heavy atom. The average Bonchev–Trinajstić information content (AvgIpc) is 2.42. The Kier molecular flexibility index (Phi) is 5.51. The van der Waals surface area contributed by atoms with Gasteiger partial charge in [0.15, 0.2) is 0 Å². The van der Waals surface area contributed by atoms with E-state index in [0.717, 1.165) is 9.13 Å². The number of rotatable bonds is 5. The number of nitrogens with one attached hydrogen (secondary N) is 1. The first kappa shape index (κ1) is 16.6. The Balaban J connectivity index is 2.12. The maximum absolute atomic E-state index is 12.3. The zero-order valence-electron chi connectivity index (χ0n) is 11.4. The predicted molar refractivity (Wildman–Crippen MR) is 96.4 cm³/mol. The minimum absolute atomic E-state index is 0.0374. The van der Waals surface area contributed by atoms with E-state index in [4.69, 9.17) is 11.6 Å². The van der Waals surface area contributed by atoms with Gasteiger partial charge in [-0.1, -0.05) is 48.9 Å². The van der Waals surface area contributed by atoms with E-state index in [1.54, 1.807) is 18.2 Å². The number of halogens is 2. The highest BCUT2D eigenvalue weighted by Gasteiger charge is 2.18. The van der Waals surface area contributed by atoms with E-state index in [1.165, 1.54) is 0 Å². The summed E-state index contributed by atoms with van der Waals surface area (Å²) >= 11 is 7.93. The van der Waals surface area contributed by atoms with Gasteiger partial charge < -0.3 is 0 Å². The molecule has 0 aliphatic heterocycles. The molecule has 0 saturated heterocycles. The fraction of sp³-hybridized carbons (Fsp3) is 0.200. The van der Waals surface area contributed by atoms with Crippen molar-refractivity contribution in [2.24, 2.45) is 0 Å². The van der Waals surface area contributed by atoms with Crippen LogP contribution in [-0.4, -0.2) is 14.2 Å². The quantitative estimate of drug-likeness (QED) is 0.703. The summed E-state index contributed by atoms with van der Waals surface area (Å²) in [6.45, 7) is 1.90. The second-order valence-electron chi connectivity index (χ2n) is 4.82. The lowest BCUT2D eigenvalue weighted by atomic mass is 10.0. The average molecular weight is 436 g/mol. The van der Waals surface area contributed by atoms with Crippen LogP contribution in [0.3, 0.4) is 0 Å². The molecule has 1 N–H and O–H groups in total. The standard InChI is InChI=1S/C15H15ClINO2S/c1-11(12-5-3-2-4-6-12)10-21(19,20)18-15-8-7-13(16)9-14(15)17/h2-9,11,18H,10H2,1H3. The third-order valence-corrected chi connectivity index (χ3v) is 5.63. The van der Waals surface area contributed by atoms with Crippen LogP contribution in [0.15, 0.2) is 48.5 Å². The van der Waals surface area contributed by atoms with Crippen LogP contribution in [0, 0.1) is 3.57 Å². The van der Waals surface area contributed by atoms with E-state index in [0.29, 0.717) is 10.7 Å². The van der Waals surface area contributed by atoms with Gasteiger partial charge in [0.1, 0.15) is 0 Å². The van der Waals surface area contributed by atoms with Crippen molar-refractivity contribution in [1.29, 1.82) is 0 Å². The third-order valence-electron chi connectivity index (χ3n) is 3.03. The highest BCUT2D eigenvalue weighted by atomic mass is 127. The van der Waals surface area contributed by atoms with Gasteiger partial charge in [0.2, 0.25) is 10.0 Å². The summed E-state index contributed by atoms with van der Waals surface area (Å²) in [4.78, 5) is 0. The Hall–Kier alpha value is -0.790. The molecule has 2 rings (SSSR count). The Morgan fingerprint density at radius 3 is 2.48 bits per heavy atom. The molecule has 3 nitrogen and oxygen atoms in total. The lowest BCUT2D eigenvalue weighted by Crippen LogP contribution is -2.21. The fourth-order valence-electron chi connectivity index (χ4n) is 1.99. The molecule has 0 spiro atoms. The maximum atomic E-state index is 12.3. The first-order valence-electron chi connectivity index (χ1n) is 6.38. The summed E-state index contributed by atoms with van der Waals surface area (Å²) < 4.78 is 27.9. The topological polar surface area (TPSA) is 46.2 Å². The van der Waals surface area contributed by atoms with Gasteiger partial charge in [-0.25, -0.2) is 8.42 Å². The van der Waals surface area contributed by atoms with E-state index in [-0.39, 0.29) is 11.7 Å². The van der Waals surface area contributed by atoms with E-state index in [2.05, 4.69) is 27.3 Å². The number of hydrogen-bond donors (Lipinski definition) is 1. The fourth-order valence-corrected chi connectivity index (χ4v) is 4.62. The second-order valence-corrected chi connectivity index (χ2v) is 8.18. The summed E-state index contributed by atoms with van der Waals surface area (Å²) in [5, 5.41) is 0.583. The van der Waals surface area contributed by atoms with Crippen molar-refractivity contribution in [3.63, 3.8) is 0 Å². The monoisotopic (exact) mass is 435 g/mol. The van der Waals surface area contributed by atoms with Crippen molar-refractivity contribution in [2.75, 3.05) is 10.5 Å². The van der Waals surface area contributed by atoms with E-state index >= 15 is 0 Å². The van der Waals surface area contributed by atoms with Gasteiger partial charge >= 0.3 is 0 Å². The smallest absolute Gasteiger partial charge is 0.233 e. The summed E-state index contributed by atoms with van der Waals surface area (Å²) in [5.74, 6) is -0.0379. The summed E-state index contributed by atoms with van der Waals surface area (Å²) in [6, 6.07) is 14.7. The van der Waals surface area contributed by atoms with E-state index < -0.39 is 10.0 Å². The van der Waals surface area contributed by atoms with E-state index in [9.17, 15) is 8.42 Å². The SMILES string of the molecule is CC(CS(=O)(=O)Nc1ccc(Cl)cc1I)c1ccccc1. The highest BCUT2D eigenvalue weighted by Crippen LogP contribution is 2.24. The van der Waals surface area contributed by atoms with Crippen LogP contribution in [0.2, 0.25) is 5.02 Å².